The molecule has 104 valence electrons. The summed E-state index contributed by atoms with van der Waals surface area (Å²) in [6.07, 6.45) is 2.19. The molecular formula is C15H21NO3. The Labute approximate surface area is 113 Å². The van der Waals surface area contributed by atoms with E-state index in [0.29, 0.717) is 5.75 Å². The molecule has 2 rings (SSSR count). The SMILES string of the molecule is CCC(C)NC(=O)COc1ccc2c(c1)CC[C@@H]2O. The number of aliphatic hydroxyl groups excluding tert-OH is 1. The van der Waals surface area contributed by atoms with Gasteiger partial charge in [-0.25, -0.2) is 0 Å². The summed E-state index contributed by atoms with van der Waals surface area (Å²) in [6.45, 7) is 4.03. The summed E-state index contributed by atoms with van der Waals surface area (Å²) in [5.74, 6) is 0.585. The summed E-state index contributed by atoms with van der Waals surface area (Å²) < 4.78 is 5.48. The van der Waals surface area contributed by atoms with E-state index in [1.807, 2.05) is 32.0 Å². The summed E-state index contributed by atoms with van der Waals surface area (Å²) >= 11 is 0. The molecule has 1 aromatic rings. The smallest absolute Gasteiger partial charge is 0.258 e. The van der Waals surface area contributed by atoms with Gasteiger partial charge in [-0.05, 0) is 49.4 Å². The first kappa shape index (κ1) is 13.9. The molecule has 19 heavy (non-hydrogen) atoms. The highest BCUT2D eigenvalue weighted by atomic mass is 16.5. The molecule has 0 saturated carbocycles. The number of aryl methyl sites for hydroxylation is 1. The van der Waals surface area contributed by atoms with Crippen molar-refractivity contribution in [2.75, 3.05) is 6.61 Å². The fourth-order valence-electron chi connectivity index (χ4n) is 2.23. The lowest BCUT2D eigenvalue weighted by Crippen LogP contribution is -2.35. The second-order valence-corrected chi connectivity index (χ2v) is 5.08. The van der Waals surface area contributed by atoms with Crippen LogP contribution in [-0.4, -0.2) is 23.7 Å². The molecule has 0 aromatic heterocycles. The third-order valence-electron chi connectivity index (χ3n) is 3.55. The number of nitrogens with one attached hydrogen (secondary N) is 1. The number of carbonyl (C=O) groups excluding carboxylic acids is 1. The van der Waals surface area contributed by atoms with Crippen LogP contribution >= 0.6 is 0 Å². The van der Waals surface area contributed by atoms with E-state index in [0.717, 1.165) is 30.4 Å². The van der Waals surface area contributed by atoms with Crippen LogP contribution in [0.1, 0.15) is 43.9 Å². The molecule has 0 spiro atoms. The van der Waals surface area contributed by atoms with Crippen molar-refractivity contribution in [1.82, 2.24) is 5.32 Å². The van der Waals surface area contributed by atoms with Crippen molar-refractivity contribution in [2.45, 2.75) is 45.3 Å². The van der Waals surface area contributed by atoms with E-state index in [4.69, 9.17) is 4.74 Å². The van der Waals surface area contributed by atoms with Crippen LogP contribution < -0.4 is 10.1 Å². The van der Waals surface area contributed by atoms with Crippen molar-refractivity contribution in [1.29, 1.82) is 0 Å². The molecule has 4 heteroatoms. The van der Waals surface area contributed by atoms with Crippen LogP contribution in [0, 0.1) is 0 Å². The first-order valence-electron chi connectivity index (χ1n) is 6.83. The van der Waals surface area contributed by atoms with Crippen molar-refractivity contribution in [3.05, 3.63) is 29.3 Å². The Balaban J connectivity index is 1.89. The number of amides is 1. The van der Waals surface area contributed by atoms with Crippen molar-refractivity contribution in [3.8, 4) is 5.75 Å². The Kier molecular flexibility index (Phi) is 4.43. The van der Waals surface area contributed by atoms with Gasteiger partial charge in [0.05, 0.1) is 6.10 Å². The molecule has 0 fully saturated rings. The predicted molar refractivity (Wildman–Crippen MR) is 73.1 cm³/mol. The average Bonchev–Trinajstić information content (AvgIpc) is 2.77. The first-order valence-corrected chi connectivity index (χ1v) is 6.83. The molecule has 0 radical (unpaired) electrons. The minimum absolute atomic E-state index is 0.0334. The molecule has 1 amide bonds. The second-order valence-electron chi connectivity index (χ2n) is 5.08. The van der Waals surface area contributed by atoms with Gasteiger partial charge in [0, 0.05) is 6.04 Å². The molecule has 1 aliphatic carbocycles. The summed E-state index contributed by atoms with van der Waals surface area (Å²) in [5.41, 5.74) is 2.10. The maximum Gasteiger partial charge on any atom is 0.258 e. The molecule has 1 unspecified atom stereocenters. The molecule has 1 aromatic carbocycles. The highest BCUT2D eigenvalue weighted by Crippen LogP contribution is 2.33. The topological polar surface area (TPSA) is 58.6 Å². The zero-order valence-corrected chi connectivity index (χ0v) is 11.5. The fourth-order valence-corrected chi connectivity index (χ4v) is 2.23. The van der Waals surface area contributed by atoms with Crippen molar-refractivity contribution < 1.29 is 14.6 Å². The van der Waals surface area contributed by atoms with Crippen LogP contribution in [0.15, 0.2) is 18.2 Å². The van der Waals surface area contributed by atoms with Crippen molar-refractivity contribution in [3.63, 3.8) is 0 Å². The monoisotopic (exact) mass is 263 g/mol. The molecule has 2 atom stereocenters. The molecule has 4 nitrogen and oxygen atoms in total. The molecule has 0 heterocycles. The van der Waals surface area contributed by atoms with Crippen LogP contribution in [0.3, 0.4) is 0 Å². The quantitative estimate of drug-likeness (QED) is 0.853. The zero-order chi connectivity index (χ0) is 13.8. The van der Waals surface area contributed by atoms with Gasteiger partial charge >= 0.3 is 0 Å². The maximum absolute atomic E-state index is 11.6. The Morgan fingerprint density at radius 3 is 3.11 bits per heavy atom. The summed E-state index contributed by atoms with van der Waals surface area (Å²) in [6, 6.07) is 5.78. The molecular weight excluding hydrogens is 242 g/mol. The second kappa shape index (κ2) is 6.06. The summed E-state index contributed by atoms with van der Waals surface area (Å²) in [7, 11) is 0. The lowest BCUT2D eigenvalue weighted by Gasteiger charge is -2.12. The Morgan fingerprint density at radius 2 is 2.37 bits per heavy atom. The lowest BCUT2D eigenvalue weighted by atomic mass is 10.1. The van der Waals surface area contributed by atoms with Gasteiger partial charge in [0.2, 0.25) is 0 Å². The summed E-state index contributed by atoms with van der Waals surface area (Å²) in [5, 5.41) is 12.6. The van der Waals surface area contributed by atoms with E-state index >= 15 is 0 Å². The van der Waals surface area contributed by atoms with Gasteiger partial charge in [-0.15, -0.1) is 0 Å². The molecule has 0 aliphatic heterocycles. The van der Waals surface area contributed by atoms with E-state index in [9.17, 15) is 9.90 Å². The normalized spacial score (nSPS) is 18.8. The van der Waals surface area contributed by atoms with Crippen molar-refractivity contribution >= 4 is 5.91 Å². The predicted octanol–water partition coefficient (Wildman–Crippen LogP) is 1.96. The van der Waals surface area contributed by atoms with Crippen LogP contribution in [0.2, 0.25) is 0 Å². The van der Waals surface area contributed by atoms with Crippen LogP contribution in [-0.2, 0) is 11.2 Å². The Bertz CT molecular complexity index is 459. The standard InChI is InChI=1S/C15H21NO3/c1-3-10(2)16-15(18)9-19-12-5-6-13-11(8-12)4-7-14(13)17/h5-6,8,10,14,17H,3-4,7,9H2,1-2H3,(H,16,18)/t10?,14-/m0/s1. The summed E-state index contributed by atoms with van der Waals surface area (Å²) in [4.78, 5) is 11.6. The van der Waals surface area contributed by atoms with Crippen molar-refractivity contribution in [2.24, 2.45) is 0 Å². The van der Waals surface area contributed by atoms with E-state index in [1.165, 1.54) is 0 Å². The number of benzene rings is 1. The van der Waals surface area contributed by atoms with Crippen LogP contribution in [0.4, 0.5) is 0 Å². The van der Waals surface area contributed by atoms with E-state index in [1.54, 1.807) is 0 Å². The zero-order valence-electron chi connectivity index (χ0n) is 11.5. The highest BCUT2D eigenvalue weighted by Gasteiger charge is 2.20. The fraction of sp³-hybridized carbons (Fsp3) is 0.533. The third-order valence-corrected chi connectivity index (χ3v) is 3.55. The number of fused-ring (bicyclic) bond motifs is 1. The van der Waals surface area contributed by atoms with Crippen LogP contribution in [0.5, 0.6) is 5.75 Å². The number of ether oxygens (including phenoxy) is 1. The number of hydrogen-bond donors (Lipinski definition) is 2. The van der Waals surface area contributed by atoms with Gasteiger partial charge in [-0.2, -0.15) is 0 Å². The third kappa shape index (κ3) is 3.47. The average molecular weight is 263 g/mol. The van der Waals surface area contributed by atoms with Gasteiger partial charge in [0.1, 0.15) is 5.75 Å². The largest absolute Gasteiger partial charge is 0.484 e. The van der Waals surface area contributed by atoms with E-state index in [-0.39, 0.29) is 24.7 Å². The van der Waals surface area contributed by atoms with E-state index < -0.39 is 0 Å². The number of rotatable bonds is 5. The molecule has 1 aliphatic rings. The van der Waals surface area contributed by atoms with Gasteiger partial charge in [0.15, 0.2) is 6.61 Å². The molecule has 0 bridgehead atoms. The number of hydrogen-bond acceptors (Lipinski definition) is 3. The molecule has 2 N–H and O–H groups in total. The minimum Gasteiger partial charge on any atom is -0.484 e. The maximum atomic E-state index is 11.6. The number of aliphatic hydroxyl groups is 1. The van der Waals surface area contributed by atoms with Gasteiger partial charge in [-0.3, -0.25) is 4.79 Å². The lowest BCUT2D eigenvalue weighted by molar-refractivity contribution is -0.123. The highest BCUT2D eigenvalue weighted by molar-refractivity contribution is 5.77. The Morgan fingerprint density at radius 1 is 1.58 bits per heavy atom. The van der Waals surface area contributed by atoms with Gasteiger partial charge in [0.25, 0.3) is 5.91 Å². The van der Waals surface area contributed by atoms with Gasteiger partial charge < -0.3 is 15.2 Å². The molecule has 0 saturated heterocycles. The Hall–Kier alpha value is -1.55. The number of carbonyl (C=O) groups is 1. The van der Waals surface area contributed by atoms with Crippen LogP contribution in [0.25, 0.3) is 0 Å². The minimum atomic E-state index is -0.349. The van der Waals surface area contributed by atoms with E-state index in [2.05, 4.69) is 5.32 Å². The first-order chi connectivity index (χ1) is 9.10. The van der Waals surface area contributed by atoms with Gasteiger partial charge in [-0.1, -0.05) is 13.0 Å².